The molecule has 1 rings (SSSR count). The van der Waals surface area contributed by atoms with Crippen LogP contribution in [0, 0.1) is 0 Å². The highest BCUT2D eigenvalue weighted by atomic mass is 32.2. The van der Waals surface area contributed by atoms with Gasteiger partial charge in [0.1, 0.15) is 0 Å². The number of nitrogen functional groups attached to an aromatic ring is 1. The third-order valence-corrected chi connectivity index (χ3v) is 3.40. The monoisotopic (exact) mass is 300 g/mol. The molecule has 0 saturated carbocycles. The van der Waals surface area contributed by atoms with Crippen molar-refractivity contribution in [2.45, 2.75) is 13.3 Å². The molecule has 1 amide bonds. The second kappa shape index (κ2) is 7.11. The summed E-state index contributed by atoms with van der Waals surface area (Å²) in [6.07, 6.45) is 0.350. The first-order valence-corrected chi connectivity index (χ1v) is 7.97. The first kappa shape index (κ1) is 16.3. The molecule has 0 aliphatic heterocycles. The van der Waals surface area contributed by atoms with E-state index in [4.69, 9.17) is 10.9 Å². The van der Waals surface area contributed by atoms with Gasteiger partial charge in [0.15, 0.2) is 0 Å². The van der Waals surface area contributed by atoms with Gasteiger partial charge >= 0.3 is 0 Å². The minimum Gasteiger partial charge on any atom is -0.399 e. The third-order valence-electron chi connectivity index (χ3n) is 2.55. The molecular formula is C12H20N4O3S. The molecule has 0 fully saturated rings. The molecule has 8 heteroatoms. The highest BCUT2D eigenvalue weighted by molar-refractivity contribution is 7.89. The van der Waals surface area contributed by atoms with Crippen LogP contribution in [0.4, 0.5) is 11.4 Å². The Labute approximate surface area is 118 Å². The zero-order valence-corrected chi connectivity index (χ0v) is 12.2. The lowest BCUT2D eigenvalue weighted by atomic mass is 10.1. The lowest BCUT2D eigenvalue weighted by Gasteiger charge is -2.12. The van der Waals surface area contributed by atoms with E-state index >= 15 is 0 Å². The van der Waals surface area contributed by atoms with Crippen LogP contribution in [0.5, 0.6) is 0 Å². The summed E-state index contributed by atoms with van der Waals surface area (Å²) in [6, 6.07) is 4.91. The maximum atomic E-state index is 11.9. The van der Waals surface area contributed by atoms with Gasteiger partial charge in [-0.15, -0.1) is 0 Å². The molecule has 0 bridgehead atoms. The Hall–Kier alpha value is -1.80. The van der Waals surface area contributed by atoms with Gasteiger partial charge in [0, 0.05) is 24.5 Å². The molecule has 0 radical (unpaired) electrons. The fourth-order valence-electron chi connectivity index (χ4n) is 1.66. The number of benzene rings is 1. The maximum Gasteiger partial charge on any atom is 0.253 e. The van der Waals surface area contributed by atoms with E-state index in [2.05, 4.69) is 10.6 Å². The lowest BCUT2D eigenvalue weighted by Crippen LogP contribution is -2.24. The van der Waals surface area contributed by atoms with E-state index in [1.54, 1.807) is 18.2 Å². The Morgan fingerprint density at radius 2 is 2.05 bits per heavy atom. The number of anilines is 2. The predicted octanol–water partition coefficient (Wildman–Crippen LogP) is 0.109. The van der Waals surface area contributed by atoms with Gasteiger partial charge in [0.25, 0.3) is 5.91 Å². The molecule has 0 atom stereocenters. The van der Waals surface area contributed by atoms with Gasteiger partial charge in [-0.2, -0.15) is 0 Å². The van der Waals surface area contributed by atoms with Crippen molar-refractivity contribution in [2.24, 2.45) is 5.14 Å². The van der Waals surface area contributed by atoms with E-state index in [9.17, 15) is 13.2 Å². The topological polar surface area (TPSA) is 127 Å². The number of rotatable bonds is 7. The minimum absolute atomic E-state index is 0.112. The van der Waals surface area contributed by atoms with Crippen molar-refractivity contribution in [1.82, 2.24) is 5.32 Å². The van der Waals surface area contributed by atoms with Crippen LogP contribution in [0.25, 0.3) is 0 Å². The Kier molecular flexibility index (Phi) is 5.78. The van der Waals surface area contributed by atoms with Crippen molar-refractivity contribution in [2.75, 3.05) is 29.9 Å². The Morgan fingerprint density at radius 1 is 1.35 bits per heavy atom. The molecule has 0 heterocycles. The largest absolute Gasteiger partial charge is 0.399 e. The lowest BCUT2D eigenvalue weighted by molar-refractivity contribution is 0.0956. The summed E-state index contributed by atoms with van der Waals surface area (Å²) in [7, 11) is -3.47. The van der Waals surface area contributed by atoms with Crippen LogP contribution in [-0.2, 0) is 10.0 Å². The summed E-state index contributed by atoms with van der Waals surface area (Å²) in [5.41, 5.74) is 7.25. The molecule has 0 saturated heterocycles. The number of hydrogen-bond donors (Lipinski definition) is 4. The Balaban J connectivity index is 2.72. The molecule has 1 aromatic rings. The van der Waals surface area contributed by atoms with E-state index in [1.807, 2.05) is 6.92 Å². The highest BCUT2D eigenvalue weighted by Gasteiger charge is 2.11. The third kappa shape index (κ3) is 5.45. The molecular weight excluding hydrogens is 280 g/mol. The first-order valence-electron chi connectivity index (χ1n) is 6.25. The molecule has 0 unspecified atom stereocenters. The van der Waals surface area contributed by atoms with Gasteiger partial charge in [0.2, 0.25) is 10.0 Å². The highest BCUT2D eigenvalue weighted by Crippen LogP contribution is 2.19. The normalized spacial score (nSPS) is 11.1. The molecule has 0 spiro atoms. The quantitative estimate of drug-likeness (QED) is 0.420. The molecule has 0 aromatic heterocycles. The first-order chi connectivity index (χ1) is 9.33. The van der Waals surface area contributed by atoms with Gasteiger partial charge < -0.3 is 16.4 Å². The van der Waals surface area contributed by atoms with Crippen LogP contribution in [0.1, 0.15) is 23.7 Å². The molecule has 112 valence electrons. The van der Waals surface area contributed by atoms with Crippen molar-refractivity contribution in [1.29, 1.82) is 0 Å². The second-order valence-electron chi connectivity index (χ2n) is 4.31. The SMILES string of the molecule is CCNC(=O)c1ccc(N)cc1NCCCS(N)(=O)=O. The van der Waals surface area contributed by atoms with E-state index in [1.165, 1.54) is 0 Å². The van der Waals surface area contributed by atoms with Crippen molar-refractivity contribution >= 4 is 27.3 Å². The molecule has 6 N–H and O–H groups in total. The summed E-state index contributed by atoms with van der Waals surface area (Å²) in [4.78, 5) is 11.9. The molecule has 20 heavy (non-hydrogen) atoms. The summed E-state index contributed by atoms with van der Waals surface area (Å²) in [5.74, 6) is -0.319. The molecule has 0 aliphatic rings. The number of nitrogens with one attached hydrogen (secondary N) is 2. The van der Waals surface area contributed by atoms with Crippen molar-refractivity contribution in [3.63, 3.8) is 0 Å². The van der Waals surface area contributed by atoms with Gasteiger partial charge in [-0.1, -0.05) is 0 Å². The number of hydrogen-bond acceptors (Lipinski definition) is 5. The number of nitrogens with two attached hydrogens (primary N) is 2. The smallest absolute Gasteiger partial charge is 0.253 e. The van der Waals surface area contributed by atoms with Crippen LogP contribution in [0.3, 0.4) is 0 Å². The Bertz CT molecular complexity index is 572. The summed E-state index contributed by atoms with van der Waals surface area (Å²) in [6.45, 7) is 2.73. The Morgan fingerprint density at radius 3 is 2.65 bits per heavy atom. The van der Waals surface area contributed by atoms with E-state index in [0.717, 1.165) is 0 Å². The number of sulfonamides is 1. The van der Waals surface area contributed by atoms with Crippen LogP contribution in [0.15, 0.2) is 18.2 Å². The summed E-state index contributed by atoms with van der Waals surface area (Å²) >= 11 is 0. The van der Waals surface area contributed by atoms with Crippen LogP contribution in [-0.4, -0.2) is 33.2 Å². The van der Waals surface area contributed by atoms with Crippen molar-refractivity contribution in [3.8, 4) is 0 Å². The number of carbonyl (C=O) groups is 1. The van der Waals surface area contributed by atoms with Gasteiger partial charge in [-0.05, 0) is 31.5 Å². The summed E-state index contributed by atoms with van der Waals surface area (Å²) in [5, 5.41) is 10.6. The maximum absolute atomic E-state index is 11.9. The van der Waals surface area contributed by atoms with E-state index in [-0.39, 0.29) is 11.7 Å². The summed E-state index contributed by atoms with van der Waals surface area (Å²) < 4.78 is 21.6. The van der Waals surface area contributed by atoms with E-state index < -0.39 is 10.0 Å². The fraction of sp³-hybridized carbons (Fsp3) is 0.417. The van der Waals surface area contributed by atoms with Crippen molar-refractivity contribution < 1.29 is 13.2 Å². The zero-order chi connectivity index (χ0) is 15.2. The van der Waals surface area contributed by atoms with Gasteiger partial charge in [0.05, 0.1) is 11.3 Å². The minimum atomic E-state index is -3.47. The average Bonchev–Trinajstić information content (AvgIpc) is 2.34. The number of primary sulfonamides is 1. The van der Waals surface area contributed by atoms with Gasteiger partial charge in [-0.3, -0.25) is 4.79 Å². The van der Waals surface area contributed by atoms with Crippen LogP contribution < -0.4 is 21.5 Å². The van der Waals surface area contributed by atoms with E-state index in [0.29, 0.717) is 36.4 Å². The second-order valence-corrected chi connectivity index (χ2v) is 6.05. The molecule has 0 aliphatic carbocycles. The molecule has 7 nitrogen and oxygen atoms in total. The zero-order valence-electron chi connectivity index (χ0n) is 11.3. The number of amides is 1. The fourth-order valence-corrected chi connectivity index (χ4v) is 2.21. The van der Waals surface area contributed by atoms with Crippen LogP contribution >= 0.6 is 0 Å². The van der Waals surface area contributed by atoms with Crippen LogP contribution in [0.2, 0.25) is 0 Å². The number of carbonyl (C=O) groups excluding carboxylic acids is 1. The van der Waals surface area contributed by atoms with Crippen molar-refractivity contribution in [3.05, 3.63) is 23.8 Å². The standard InChI is InChI=1S/C12H20N4O3S/c1-2-15-12(17)10-5-4-9(13)8-11(10)16-6-3-7-20(14,18)19/h4-5,8,16H,2-3,6-7,13H2,1H3,(H,15,17)(H2,14,18,19). The average molecular weight is 300 g/mol. The van der Waals surface area contributed by atoms with Gasteiger partial charge in [-0.25, -0.2) is 13.6 Å². The molecule has 1 aromatic carbocycles. The predicted molar refractivity (Wildman–Crippen MR) is 79.9 cm³/mol.